The van der Waals surface area contributed by atoms with Crippen LogP contribution in [0.1, 0.15) is 6.42 Å². The summed E-state index contributed by atoms with van der Waals surface area (Å²) in [5.74, 6) is -0.412. The fourth-order valence-electron chi connectivity index (χ4n) is 0.399. The number of nitrogens with one attached hydrogen (secondary N) is 1. The van der Waals surface area contributed by atoms with Crippen molar-refractivity contribution in [2.75, 3.05) is 20.0 Å². The van der Waals surface area contributed by atoms with Crippen LogP contribution in [0.5, 0.6) is 0 Å². The van der Waals surface area contributed by atoms with Crippen LogP contribution in [0, 0.1) is 0 Å². The molecule has 0 saturated heterocycles. The molecule has 0 aliphatic heterocycles. The Morgan fingerprint density at radius 1 is 1.64 bits per heavy atom. The highest BCUT2D eigenvalue weighted by atomic mass is 35.5. The predicted molar refractivity (Wildman–Crippen MR) is 48.7 cm³/mol. The number of nitrogens with two attached hydrogens (primary N) is 1. The number of halogens is 1. The molecule has 0 bridgehead atoms. The van der Waals surface area contributed by atoms with E-state index in [9.17, 15) is 4.79 Å². The maximum absolute atomic E-state index is 10.3. The molecule has 0 fully saturated rings. The van der Waals surface area contributed by atoms with Crippen LogP contribution in [0.3, 0.4) is 0 Å². The molecule has 4 heteroatoms. The van der Waals surface area contributed by atoms with Crippen LogP contribution in [0.2, 0.25) is 0 Å². The van der Waals surface area contributed by atoms with Gasteiger partial charge in [-0.15, -0.1) is 11.6 Å². The Kier molecular flexibility index (Phi) is 11.2. The summed E-state index contributed by atoms with van der Waals surface area (Å²) in [6, 6.07) is 0. The van der Waals surface area contributed by atoms with Crippen molar-refractivity contribution >= 4 is 17.5 Å². The van der Waals surface area contributed by atoms with Crippen molar-refractivity contribution in [3.63, 3.8) is 0 Å². The van der Waals surface area contributed by atoms with E-state index in [1.54, 1.807) is 0 Å². The number of rotatable bonds is 4. The number of carbonyl (C=O) groups excluding carboxylic acids is 1. The van der Waals surface area contributed by atoms with Gasteiger partial charge in [-0.2, -0.15) is 0 Å². The minimum absolute atomic E-state index is 0.412. The summed E-state index contributed by atoms with van der Waals surface area (Å²) in [6.45, 7) is 4.23. The van der Waals surface area contributed by atoms with Gasteiger partial charge in [-0.25, -0.2) is 0 Å². The van der Waals surface area contributed by atoms with Gasteiger partial charge in [-0.1, -0.05) is 6.58 Å². The molecule has 0 aliphatic carbocycles. The van der Waals surface area contributed by atoms with E-state index < -0.39 is 5.91 Å². The summed E-state index contributed by atoms with van der Waals surface area (Å²) in [5, 5.41) is 2.88. The Balaban J connectivity index is 0. The van der Waals surface area contributed by atoms with Gasteiger partial charge in [-0.3, -0.25) is 4.79 Å². The number of primary amides is 1. The summed E-state index contributed by atoms with van der Waals surface area (Å²) < 4.78 is 0. The van der Waals surface area contributed by atoms with Crippen LogP contribution in [0.25, 0.3) is 0 Å². The lowest BCUT2D eigenvalue weighted by Crippen LogP contribution is -2.17. The molecule has 3 nitrogen and oxygen atoms in total. The summed E-state index contributed by atoms with van der Waals surface area (Å²) >= 11 is 4.64. The molecule has 0 heterocycles. The Hall–Kier alpha value is -0.540. The largest absolute Gasteiger partial charge is 0.366 e. The topological polar surface area (TPSA) is 55.1 Å². The zero-order valence-corrected chi connectivity index (χ0v) is 7.74. The molecule has 3 N–H and O–H groups in total. The van der Waals surface area contributed by atoms with E-state index in [0.29, 0.717) is 12.0 Å². The molecule has 0 aromatic rings. The summed E-state index contributed by atoms with van der Waals surface area (Å²) in [7, 11) is 1.81. The van der Waals surface area contributed by atoms with E-state index in [1.807, 2.05) is 7.05 Å². The molecule has 0 radical (unpaired) electrons. The third-order valence-electron chi connectivity index (χ3n) is 1.03. The van der Waals surface area contributed by atoms with Crippen molar-refractivity contribution in [2.45, 2.75) is 6.42 Å². The van der Waals surface area contributed by atoms with Crippen LogP contribution in [0.4, 0.5) is 0 Å². The standard InChI is InChI=1S/C6H12N2O.CH3Cl/c1-5(6(7)9)3-4-8-2;1-2/h8H,1,3-4H2,2H3,(H2,7,9);1H3. The molecule has 0 spiro atoms. The first kappa shape index (κ1) is 13.1. The monoisotopic (exact) mass is 178 g/mol. The van der Waals surface area contributed by atoms with Crippen molar-refractivity contribution in [3.05, 3.63) is 12.2 Å². The van der Waals surface area contributed by atoms with E-state index in [4.69, 9.17) is 5.73 Å². The molecular formula is C7H15ClN2O. The second-order valence-electron chi connectivity index (χ2n) is 1.82. The maximum Gasteiger partial charge on any atom is 0.244 e. The van der Waals surface area contributed by atoms with Gasteiger partial charge in [0.05, 0.1) is 0 Å². The van der Waals surface area contributed by atoms with Gasteiger partial charge in [0.25, 0.3) is 0 Å². The maximum atomic E-state index is 10.3. The van der Waals surface area contributed by atoms with Crippen molar-refractivity contribution in [2.24, 2.45) is 5.73 Å². The van der Waals surface area contributed by atoms with Crippen LogP contribution in [-0.2, 0) is 4.79 Å². The molecule has 0 rings (SSSR count). The first-order chi connectivity index (χ1) is 5.18. The molecule has 66 valence electrons. The quantitative estimate of drug-likeness (QED) is 0.487. The zero-order chi connectivity index (χ0) is 9.28. The molecular weight excluding hydrogens is 164 g/mol. The second-order valence-corrected chi connectivity index (χ2v) is 1.82. The third-order valence-corrected chi connectivity index (χ3v) is 1.03. The highest BCUT2D eigenvalue weighted by Crippen LogP contribution is 1.92. The zero-order valence-electron chi connectivity index (χ0n) is 6.98. The van der Waals surface area contributed by atoms with E-state index in [2.05, 4.69) is 23.5 Å². The van der Waals surface area contributed by atoms with E-state index in [-0.39, 0.29) is 0 Å². The number of hydrogen-bond donors (Lipinski definition) is 2. The highest BCUT2D eigenvalue weighted by Gasteiger charge is 1.97. The molecule has 0 aromatic heterocycles. The lowest BCUT2D eigenvalue weighted by Gasteiger charge is -1.97. The van der Waals surface area contributed by atoms with Gasteiger partial charge in [0, 0.05) is 12.0 Å². The lowest BCUT2D eigenvalue weighted by molar-refractivity contribution is -0.114. The van der Waals surface area contributed by atoms with E-state index >= 15 is 0 Å². The van der Waals surface area contributed by atoms with Crippen molar-refractivity contribution in [1.29, 1.82) is 0 Å². The normalized spacial score (nSPS) is 7.91. The lowest BCUT2D eigenvalue weighted by atomic mass is 10.2. The second kappa shape index (κ2) is 9.46. The Morgan fingerprint density at radius 2 is 2.09 bits per heavy atom. The minimum Gasteiger partial charge on any atom is -0.366 e. The van der Waals surface area contributed by atoms with Gasteiger partial charge >= 0.3 is 0 Å². The smallest absolute Gasteiger partial charge is 0.244 e. The Morgan fingerprint density at radius 3 is 2.36 bits per heavy atom. The Labute approximate surface area is 72.6 Å². The van der Waals surface area contributed by atoms with Crippen molar-refractivity contribution < 1.29 is 4.79 Å². The van der Waals surface area contributed by atoms with E-state index in [1.165, 1.54) is 6.38 Å². The van der Waals surface area contributed by atoms with Gasteiger partial charge < -0.3 is 11.1 Å². The van der Waals surface area contributed by atoms with Crippen LogP contribution in [-0.4, -0.2) is 25.9 Å². The fraction of sp³-hybridized carbons (Fsp3) is 0.571. The Bertz CT molecular complexity index is 126. The van der Waals surface area contributed by atoms with Crippen LogP contribution >= 0.6 is 11.6 Å². The van der Waals surface area contributed by atoms with Crippen molar-refractivity contribution in [1.82, 2.24) is 5.32 Å². The SMILES string of the molecule is C=C(CCNC)C(N)=O.CCl. The highest BCUT2D eigenvalue weighted by molar-refractivity contribution is 6.15. The molecule has 0 atom stereocenters. The first-order valence-corrected chi connectivity index (χ1v) is 3.94. The molecule has 0 unspecified atom stereocenters. The van der Waals surface area contributed by atoms with E-state index in [0.717, 1.165) is 6.54 Å². The van der Waals surface area contributed by atoms with Gasteiger partial charge in [0.2, 0.25) is 5.91 Å². The molecule has 1 amide bonds. The van der Waals surface area contributed by atoms with Crippen LogP contribution < -0.4 is 11.1 Å². The number of amides is 1. The third kappa shape index (κ3) is 9.46. The molecule has 11 heavy (non-hydrogen) atoms. The number of carbonyl (C=O) groups is 1. The summed E-state index contributed by atoms with van der Waals surface area (Å²) in [6.07, 6.45) is 2.10. The molecule has 0 aliphatic rings. The predicted octanol–water partition coefficient (Wildman–Crippen LogP) is 0.492. The average molecular weight is 179 g/mol. The number of alkyl halides is 1. The number of hydrogen-bond acceptors (Lipinski definition) is 2. The summed E-state index contributed by atoms with van der Waals surface area (Å²) in [5.41, 5.74) is 5.39. The molecule has 0 saturated carbocycles. The van der Waals surface area contributed by atoms with Crippen LogP contribution in [0.15, 0.2) is 12.2 Å². The minimum atomic E-state index is -0.412. The molecule has 0 aromatic carbocycles. The first-order valence-electron chi connectivity index (χ1n) is 3.18. The van der Waals surface area contributed by atoms with Gasteiger partial charge in [0.1, 0.15) is 0 Å². The summed E-state index contributed by atoms with van der Waals surface area (Å²) in [4.78, 5) is 10.3. The van der Waals surface area contributed by atoms with Gasteiger partial charge in [0.15, 0.2) is 0 Å². The fourth-order valence-corrected chi connectivity index (χ4v) is 0.399. The van der Waals surface area contributed by atoms with Gasteiger partial charge in [-0.05, 0) is 20.0 Å². The van der Waals surface area contributed by atoms with Crippen molar-refractivity contribution in [3.8, 4) is 0 Å². The average Bonchev–Trinajstić information content (AvgIpc) is 2.03.